The number of hydrogen-bond acceptors (Lipinski definition) is 10. The number of sulfonamides is 1. The van der Waals surface area contributed by atoms with Crippen LogP contribution in [0.3, 0.4) is 0 Å². The van der Waals surface area contributed by atoms with Crippen molar-refractivity contribution in [2.45, 2.75) is 11.4 Å². The molecule has 0 aliphatic rings. The molecule has 3 aromatic carbocycles. The molecule has 0 aliphatic heterocycles. The van der Waals surface area contributed by atoms with Gasteiger partial charge in [0.15, 0.2) is 0 Å². The topological polar surface area (TPSA) is 128 Å². The first-order valence-electron chi connectivity index (χ1n) is 12.5. The lowest BCUT2D eigenvalue weighted by Gasteiger charge is -2.23. The molecule has 0 radical (unpaired) electrons. The number of pyridine rings is 1. The standard InChI is InChI=1S/C29H20Cl2FN5O5S2/c1-40-21-5-3-18(26(11-21)41-2)15-37(29-35-16-36-43-29)44(38,39)28-12-23(31)27(13-24(28)32)42-25-6-4-19(30)10-22(25)17-7-8-34-20(9-17)14-33/h3-13,16H,15H2,1-2H3. The van der Waals surface area contributed by atoms with Crippen molar-refractivity contribution in [3.63, 3.8) is 0 Å². The fraction of sp³-hybridized carbons (Fsp3) is 0.103. The SMILES string of the molecule is COc1ccc(CN(c2ncns2)S(=O)(=O)c2cc(Cl)c(Oc3ccc(Cl)cc3-c3ccnc(C#N)c3)cc2F)c(OC)c1. The molecular formula is C29H20Cl2FN5O5S2. The van der Waals surface area contributed by atoms with E-state index in [1.54, 1.807) is 42.5 Å². The van der Waals surface area contributed by atoms with Gasteiger partial charge in [-0.25, -0.2) is 27.1 Å². The molecule has 44 heavy (non-hydrogen) atoms. The number of nitrogens with zero attached hydrogens (tertiary/aromatic N) is 5. The summed E-state index contributed by atoms with van der Waals surface area (Å²) in [5, 5.41) is 9.45. The lowest BCUT2D eigenvalue weighted by atomic mass is 10.1. The van der Waals surface area contributed by atoms with E-state index in [2.05, 4.69) is 14.3 Å². The van der Waals surface area contributed by atoms with Crippen LogP contribution in [0.5, 0.6) is 23.0 Å². The van der Waals surface area contributed by atoms with Crippen LogP contribution in [0.2, 0.25) is 10.0 Å². The highest BCUT2D eigenvalue weighted by molar-refractivity contribution is 7.93. The van der Waals surface area contributed by atoms with E-state index in [0.29, 0.717) is 33.2 Å². The summed E-state index contributed by atoms with van der Waals surface area (Å²) < 4.78 is 65.1. The average molecular weight is 673 g/mol. The summed E-state index contributed by atoms with van der Waals surface area (Å²) in [5.41, 5.74) is 1.66. The minimum absolute atomic E-state index is 0.00128. The van der Waals surface area contributed by atoms with Crippen LogP contribution < -0.4 is 18.5 Å². The Labute approximate surface area is 266 Å². The van der Waals surface area contributed by atoms with Gasteiger partial charge in [0.25, 0.3) is 10.0 Å². The smallest absolute Gasteiger partial charge is 0.269 e. The Morgan fingerprint density at radius 2 is 1.80 bits per heavy atom. The quantitative estimate of drug-likeness (QED) is 0.152. The maximum absolute atomic E-state index is 15.7. The lowest BCUT2D eigenvalue weighted by molar-refractivity contribution is 0.391. The first-order valence-corrected chi connectivity index (χ1v) is 15.4. The largest absolute Gasteiger partial charge is 0.497 e. The maximum atomic E-state index is 15.7. The first kappa shape index (κ1) is 31.0. The number of methoxy groups -OCH3 is 2. The molecular weight excluding hydrogens is 652 g/mol. The Balaban J connectivity index is 1.53. The van der Waals surface area contributed by atoms with Crippen molar-refractivity contribution >= 4 is 49.9 Å². The molecule has 0 fully saturated rings. The zero-order valence-corrected chi connectivity index (χ0v) is 26.0. The van der Waals surface area contributed by atoms with Crippen LogP contribution in [-0.2, 0) is 16.6 Å². The van der Waals surface area contributed by atoms with Gasteiger partial charge < -0.3 is 14.2 Å². The summed E-state index contributed by atoms with van der Waals surface area (Å²) in [7, 11) is -1.66. The zero-order valence-electron chi connectivity index (χ0n) is 22.9. The summed E-state index contributed by atoms with van der Waals surface area (Å²) in [6, 6.07) is 16.6. The van der Waals surface area contributed by atoms with Crippen LogP contribution in [0.15, 0.2) is 78.1 Å². The van der Waals surface area contributed by atoms with Crippen molar-refractivity contribution < 1.29 is 27.0 Å². The van der Waals surface area contributed by atoms with Crippen LogP contribution in [0.25, 0.3) is 11.1 Å². The second kappa shape index (κ2) is 13.0. The predicted molar refractivity (Wildman–Crippen MR) is 164 cm³/mol. The van der Waals surface area contributed by atoms with Crippen molar-refractivity contribution in [1.29, 1.82) is 5.26 Å². The monoisotopic (exact) mass is 671 g/mol. The fourth-order valence-electron chi connectivity index (χ4n) is 4.17. The molecule has 10 nitrogen and oxygen atoms in total. The van der Waals surface area contributed by atoms with Gasteiger partial charge in [-0.3, -0.25) is 0 Å². The third-order valence-corrected chi connectivity index (χ3v) is 9.36. The molecule has 224 valence electrons. The number of halogens is 3. The Hall–Kier alpha value is -4.48. The summed E-state index contributed by atoms with van der Waals surface area (Å²) in [4.78, 5) is 7.31. The lowest BCUT2D eigenvalue weighted by Crippen LogP contribution is -2.31. The van der Waals surface area contributed by atoms with Gasteiger partial charge in [-0.05, 0) is 54.1 Å². The molecule has 0 saturated heterocycles. The molecule has 0 amide bonds. The zero-order chi connectivity index (χ0) is 31.4. The van der Waals surface area contributed by atoms with Crippen molar-refractivity contribution in [2.75, 3.05) is 18.5 Å². The van der Waals surface area contributed by atoms with Gasteiger partial charge >= 0.3 is 0 Å². The first-order chi connectivity index (χ1) is 21.1. The van der Waals surface area contributed by atoms with Crippen molar-refractivity contribution in [1.82, 2.24) is 14.3 Å². The van der Waals surface area contributed by atoms with E-state index in [-0.39, 0.29) is 33.9 Å². The van der Waals surface area contributed by atoms with Gasteiger partial charge in [-0.2, -0.15) is 9.64 Å². The number of rotatable bonds is 10. The van der Waals surface area contributed by atoms with Gasteiger partial charge in [0, 0.05) is 46.0 Å². The molecule has 0 atom stereocenters. The minimum Gasteiger partial charge on any atom is -0.497 e. The predicted octanol–water partition coefficient (Wildman–Crippen LogP) is 7.12. The molecule has 0 unspecified atom stereocenters. The fourth-order valence-corrected chi connectivity index (χ4v) is 6.81. The van der Waals surface area contributed by atoms with Crippen LogP contribution in [0.4, 0.5) is 9.52 Å². The van der Waals surface area contributed by atoms with Crippen LogP contribution >= 0.6 is 34.7 Å². The Bertz CT molecular complexity index is 1990. The molecule has 2 heterocycles. The van der Waals surface area contributed by atoms with E-state index in [0.717, 1.165) is 28.0 Å². The number of aromatic nitrogens is 3. The summed E-state index contributed by atoms with van der Waals surface area (Å²) in [6.07, 6.45) is 2.65. The molecule has 0 spiro atoms. The summed E-state index contributed by atoms with van der Waals surface area (Å²) in [6.45, 7) is -0.259. The Morgan fingerprint density at radius 1 is 0.977 bits per heavy atom. The van der Waals surface area contributed by atoms with Crippen LogP contribution in [0.1, 0.15) is 11.3 Å². The number of benzene rings is 3. The highest BCUT2D eigenvalue weighted by atomic mass is 35.5. The number of hydrogen-bond donors (Lipinski definition) is 0. The maximum Gasteiger partial charge on any atom is 0.269 e. The molecule has 0 aliphatic carbocycles. The van der Waals surface area contributed by atoms with Gasteiger partial charge in [-0.1, -0.05) is 23.2 Å². The average Bonchev–Trinajstić information content (AvgIpc) is 3.56. The van der Waals surface area contributed by atoms with Gasteiger partial charge in [0.2, 0.25) is 5.13 Å². The second-order valence-corrected chi connectivity index (χ2v) is 12.3. The van der Waals surface area contributed by atoms with E-state index >= 15 is 4.39 Å². The van der Waals surface area contributed by atoms with Gasteiger partial charge in [0.05, 0.1) is 25.8 Å². The van der Waals surface area contributed by atoms with E-state index in [1.165, 1.54) is 32.8 Å². The number of anilines is 1. The van der Waals surface area contributed by atoms with Crippen molar-refractivity contribution in [3.8, 4) is 40.2 Å². The summed E-state index contributed by atoms with van der Waals surface area (Å²) >= 11 is 13.5. The summed E-state index contributed by atoms with van der Waals surface area (Å²) in [5.74, 6) is -0.190. The van der Waals surface area contributed by atoms with Crippen molar-refractivity contribution in [3.05, 3.63) is 100 Å². The van der Waals surface area contributed by atoms with Gasteiger partial charge in [-0.15, -0.1) is 0 Å². The normalized spacial score (nSPS) is 11.1. The Morgan fingerprint density at radius 3 is 2.50 bits per heavy atom. The third-order valence-electron chi connectivity index (χ3n) is 6.27. The van der Waals surface area contributed by atoms with E-state index < -0.39 is 20.7 Å². The second-order valence-electron chi connectivity index (χ2n) is 8.91. The van der Waals surface area contributed by atoms with Gasteiger partial charge in [0.1, 0.15) is 51.8 Å². The molecule has 5 rings (SSSR count). The highest BCUT2D eigenvalue weighted by Gasteiger charge is 2.32. The van der Waals surface area contributed by atoms with E-state index in [9.17, 15) is 13.7 Å². The van der Waals surface area contributed by atoms with Crippen LogP contribution in [0, 0.1) is 17.1 Å². The van der Waals surface area contributed by atoms with E-state index in [1.807, 2.05) is 6.07 Å². The molecule has 0 bridgehead atoms. The molecule has 15 heteroatoms. The molecule has 0 saturated carbocycles. The third kappa shape index (κ3) is 6.39. The van der Waals surface area contributed by atoms with Crippen molar-refractivity contribution in [2.24, 2.45) is 0 Å². The number of nitriles is 1. The molecule has 5 aromatic rings. The highest BCUT2D eigenvalue weighted by Crippen LogP contribution is 2.40. The number of ether oxygens (including phenoxy) is 3. The van der Waals surface area contributed by atoms with E-state index in [4.69, 9.17) is 37.4 Å². The van der Waals surface area contributed by atoms with Crippen LogP contribution in [-0.4, -0.2) is 37.0 Å². The molecule has 0 N–H and O–H groups in total. The Kier molecular flexibility index (Phi) is 9.17. The minimum atomic E-state index is -4.59. The molecule has 2 aromatic heterocycles.